The van der Waals surface area contributed by atoms with E-state index in [1.165, 1.54) is 0 Å². The third-order valence-corrected chi connectivity index (χ3v) is 2.57. The maximum Gasteiger partial charge on any atom is 0.422 e. The zero-order chi connectivity index (χ0) is 14.1. The molecule has 1 aromatic rings. The lowest BCUT2D eigenvalue weighted by atomic mass is 10.3. The number of alkyl halides is 3. The van der Waals surface area contributed by atoms with Crippen molar-refractivity contribution in [3.8, 4) is 5.75 Å². The Kier molecular flexibility index (Phi) is 3.81. The Morgan fingerprint density at radius 1 is 1.17 bits per heavy atom. The van der Waals surface area contributed by atoms with Gasteiger partial charge in [0.25, 0.3) is 0 Å². The Labute approximate surface area is 98.2 Å². The second-order valence-corrected chi connectivity index (χ2v) is 4.73. The minimum Gasteiger partial charge on any atom is -0.478 e. The molecule has 0 saturated heterocycles. The highest BCUT2D eigenvalue weighted by Gasteiger charge is 2.30. The van der Waals surface area contributed by atoms with Gasteiger partial charge in [-0.3, -0.25) is 0 Å². The average molecular weight is 291 g/mol. The highest BCUT2D eigenvalue weighted by molar-refractivity contribution is 7.89. The number of sulfonamides is 1. The molecule has 2 N–H and O–H groups in total. The Bertz CT molecular complexity index is 531. The third kappa shape index (κ3) is 3.81. The van der Waals surface area contributed by atoms with Crippen molar-refractivity contribution in [1.82, 2.24) is 0 Å². The first-order valence-corrected chi connectivity index (χ1v) is 5.77. The third-order valence-electron chi connectivity index (χ3n) is 1.68. The standard InChI is InChI=1S/C8H6F5NO3S/c9-5-1-4(18(14,15)16)2-6(10)7(5)17-3-8(11,12)13/h1-2H,3H2,(H2,14,15,16). The lowest BCUT2D eigenvalue weighted by molar-refractivity contribution is -0.154. The van der Waals surface area contributed by atoms with Crippen LogP contribution in [0.2, 0.25) is 0 Å². The molecule has 4 nitrogen and oxygen atoms in total. The molecule has 102 valence electrons. The Morgan fingerprint density at radius 2 is 1.61 bits per heavy atom. The van der Waals surface area contributed by atoms with Crippen molar-refractivity contribution < 1.29 is 35.1 Å². The molecule has 0 bridgehead atoms. The van der Waals surface area contributed by atoms with Crippen LogP contribution in [0.3, 0.4) is 0 Å². The number of nitrogens with two attached hydrogens (primary N) is 1. The van der Waals surface area contributed by atoms with Crippen LogP contribution in [0, 0.1) is 11.6 Å². The molecule has 0 unspecified atom stereocenters. The molecular formula is C8H6F5NO3S. The fraction of sp³-hybridized carbons (Fsp3) is 0.250. The van der Waals surface area contributed by atoms with Crippen molar-refractivity contribution in [2.24, 2.45) is 5.14 Å². The van der Waals surface area contributed by atoms with Gasteiger partial charge in [0.15, 0.2) is 24.0 Å². The van der Waals surface area contributed by atoms with Crippen LogP contribution in [0.5, 0.6) is 5.75 Å². The number of rotatable bonds is 3. The van der Waals surface area contributed by atoms with Crippen LogP contribution in [-0.4, -0.2) is 21.2 Å². The molecule has 1 rings (SSSR count). The minimum absolute atomic E-state index is 0.268. The second kappa shape index (κ2) is 4.69. The molecule has 0 saturated carbocycles. The smallest absolute Gasteiger partial charge is 0.422 e. The Hall–Kier alpha value is -1.42. The molecule has 10 heteroatoms. The van der Waals surface area contributed by atoms with E-state index >= 15 is 0 Å². The van der Waals surface area contributed by atoms with E-state index in [1.807, 2.05) is 0 Å². The molecule has 0 fully saturated rings. The summed E-state index contributed by atoms with van der Waals surface area (Å²) in [6.45, 7) is -1.91. The number of benzene rings is 1. The second-order valence-electron chi connectivity index (χ2n) is 3.16. The van der Waals surface area contributed by atoms with E-state index in [0.717, 1.165) is 0 Å². The molecule has 0 aliphatic heterocycles. The first kappa shape index (κ1) is 14.6. The van der Waals surface area contributed by atoms with Crippen molar-refractivity contribution in [3.05, 3.63) is 23.8 Å². The van der Waals surface area contributed by atoms with Gasteiger partial charge in [0.05, 0.1) is 4.90 Å². The average Bonchev–Trinajstić information content (AvgIpc) is 2.12. The number of halogens is 5. The van der Waals surface area contributed by atoms with Gasteiger partial charge in [-0.15, -0.1) is 0 Å². The predicted molar refractivity (Wildman–Crippen MR) is 49.3 cm³/mol. The fourth-order valence-electron chi connectivity index (χ4n) is 0.993. The van der Waals surface area contributed by atoms with Crippen molar-refractivity contribution >= 4 is 10.0 Å². The molecule has 0 aliphatic carbocycles. The van der Waals surface area contributed by atoms with Crippen LogP contribution in [0.15, 0.2) is 17.0 Å². The van der Waals surface area contributed by atoms with Gasteiger partial charge < -0.3 is 4.74 Å². The van der Waals surface area contributed by atoms with E-state index in [-0.39, 0.29) is 12.1 Å². The number of ether oxygens (including phenoxy) is 1. The highest BCUT2D eigenvalue weighted by atomic mass is 32.2. The molecule has 18 heavy (non-hydrogen) atoms. The molecule has 0 amide bonds. The van der Waals surface area contributed by atoms with Crippen LogP contribution in [0.1, 0.15) is 0 Å². The normalized spacial score (nSPS) is 12.6. The first-order valence-electron chi connectivity index (χ1n) is 4.22. The maximum absolute atomic E-state index is 13.2. The molecule has 0 aromatic heterocycles. The van der Waals surface area contributed by atoms with E-state index < -0.39 is 45.1 Å². The zero-order valence-corrected chi connectivity index (χ0v) is 9.28. The predicted octanol–water partition coefficient (Wildman–Crippen LogP) is 1.55. The topological polar surface area (TPSA) is 69.4 Å². The molecule has 0 atom stereocenters. The van der Waals surface area contributed by atoms with Crippen LogP contribution < -0.4 is 9.88 Å². The van der Waals surface area contributed by atoms with Gasteiger partial charge >= 0.3 is 6.18 Å². The summed E-state index contributed by atoms with van der Waals surface area (Å²) in [6, 6.07) is 0.536. The molecule has 0 radical (unpaired) electrons. The van der Waals surface area contributed by atoms with E-state index in [9.17, 15) is 30.4 Å². The summed E-state index contributed by atoms with van der Waals surface area (Å²) in [7, 11) is -4.37. The summed E-state index contributed by atoms with van der Waals surface area (Å²) in [5.41, 5.74) is 0. The SMILES string of the molecule is NS(=O)(=O)c1cc(F)c(OCC(F)(F)F)c(F)c1. The number of hydrogen-bond donors (Lipinski definition) is 1. The largest absolute Gasteiger partial charge is 0.478 e. The quantitative estimate of drug-likeness (QED) is 0.859. The van der Waals surface area contributed by atoms with E-state index in [1.54, 1.807) is 0 Å². The lowest BCUT2D eigenvalue weighted by Crippen LogP contribution is -2.20. The summed E-state index contributed by atoms with van der Waals surface area (Å²) in [4.78, 5) is -0.906. The summed E-state index contributed by atoms with van der Waals surface area (Å²) in [5, 5.41) is 4.61. The molecule has 0 spiro atoms. The maximum atomic E-state index is 13.2. The van der Waals surface area contributed by atoms with Gasteiger partial charge in [-0.05, 0) is 12.1 Å². The van der Waals surface area contributed by atoms with Crippen LogP contribution in [0.25, 0.3) is 0 Å². The van der Waals surface area contributed by atoms with Crippen molar-refractivity contribution in [2.45, 2.75) is 11.1 Å². The van der Waals surface area contributed by atoms with Gasteiger partial charge in [-0.25, -0.2) is 22.3 Å². The Morgan fingerprint density at radius 3 is 1.94 bits per heavy atom. The molecule has 1 aromatic carbocycles. The molecule has 0 aliphatic rings. The van der Waals surface area contributed by atoms with Gasteiger partial charge in [0.1, 0.15) is 0 Å². The van der Waals surface area contributed by atoms with Gasteiger partial charge in [-0.2, -0.15) is 13.2 Å². The monoisotopic (exact) mass is 291 g/mol. The summed E-state index contributed by atoms with van der Waals surface area (Å²) in [6.07, 6.45) is -4.78. The van der Waals surface area contributed by atoms with Gasteiger partial charge in [-0.1, -0.05) is 0 Å². The lowest BCUT2D eigenvalue weighted by Gasteiger charge is -2.11. The number of primary sulfonamides is 1. The highest BCUT2D eigenvalue weighted by Crippen LogP contribution is 2.26. The first-order chi connectivity index (χ1) is 8.00. The molecule has 0 heterocycles. The van der Waals surface area contributed by atoms with Crippen LogP contribution >= 0.6 is 0 Å². The van der Waals surface area contributed by atoms with E-state index in [0.29, 0.717) is 0 Å². The van der Waals surface area contributed by atoms with E-state index in [2.05, 4.69) is 9.88 Å². The van der Waals surface area contributed by atoms with E-state index in [4.69, 9.17) is 0 Å². The van der Waals surface area contributed by atoms with Gasteiger partial charge in [0, 0.05) is 0 Å². The fourth-order valence-corrected chi connectivity index (χ4v) is 1.53. The van der Waals surface area contributed by atoms with Gasteiger partial charge in [0.2, 0.25) is 10.0 Å². The summed E-state index contributed by atoms with van der Waals surface area (Å²) >= 11 is 0. The van der Waals surface area contributed by atoms with Crippen LogP contribution in [0.4, 0.5) is 22.0 Å². The summed E-state index contributed by atoms with van der Waals surface area (Å²) in [5.74, 6) is -4.51. The Balaban J connectivity index is 3.10. The minimum atomic E-state index is -4.78. The number of hydrogen-bond acceptors (Lipinski definition) is 3. The van der Waals surface area contributed by atoms with Crippen molar-refractivity contribution in [3.63, 3.8) is 0 Å². The van der Waals surface area contributed by atoms with Crippen molar-refractivity contribution in [2.75, 3.05) is 6.61 Å². The van der Waals surface area contributed by atoms with Crippen molar-refractivity contribution in [1.29, 1.82) is 0 Å². The van der Waals surface area contributed by atoms with Crippen LogP contribution in [-0.2, 0) is 10.0 Å². The molecular weight excluding hydrogens is 285 g/mol. The summed E-state index contributed by atoms with van der Waals surface area (Å²) < 4.78 is 87.2. The zero-order valence-electron chi connectivity index (χ0n) is 8.46.